The lowest BCUT2D eigenvalue weighted by Gasteiger charge is -2.18. The predicted molar refractivity (Wildman–Crippen MR) is 358 cm³/mol. The van der Waals surface area contributed by atoms with Crippen molar-refractivity contribution in [3.05, 3.63) is 85.1 Å². The summed E-state index contributed by atoms with van der Waals surface area (Å²) in [5, 5.41) is 0. The third kappa shape index (κ3) is 67.4. The van der Waals surface area contributed by atoms with E-state index in [1.807, 2.05) is 0 Å². The molecule has 0 aliphatic heterocycles. The Balaban J connectivity index is 4.32. The van der Waals surface area contributed by atoms with Crippen molar-refractivity contribution in [2.24, 2.45) is 0 Å². The molecular formula is C76H134O6. The summed E-state index contributed by atoms with van der Waals surface area (Å²) in [4.78, 5) is 38.5. The SMILES string of the molecule is CC/C=C\C/C=C\C/C=C\C/C=C\CCCCCCCCCCC(=O)OC(COC(=O)CCCCCCC/C=C\CCCCCCCCC)COC(=O)CCCCCCCCCCCCCCCCC/C=C\C/C=C\CCCCCCC. The third-order valence-corrected chi connectivity index (χ3v) is 15.6. The highest BCUT2D eigenvalue weighted by molar-refractivity contribution is 5.71. The van der Waals surface area contributed by atoms with Gasteiger partial charge in [0.25, 0.3) is 0 Å². The molecule has 0 bridgehead atoms. The van der Waals surface area contributed by atoms with Gasteiger partial charge in [0, 0.05) is 19.3 Å². The Morgan fingerprint density at radius 1 is 0.256 bits per heavy atom. The molecule has 6 heteroatoms. The summed E-state index contributed by atoms with van der Waals surface area (Å²) >= 11 is 0. The zero-order valence-corrected chi connectivity index (χ0v) is 54.5. The van der Waals surface area contributed by atoms with Crippen molar-refractivity contribution in [1.29, 1.82) is 0 Å². The Morgan fingerprint density at radius 3 is 0.756 bits per heavy atom. The number of allylic oxidation sites excluding steroid dienone is 14. The molecule has 474 valence electrons. The highest BCUT2D eigenvalue weighted by Crippen LogP contribution is 2.17. The first-order valence-corrected chi connectivity index (χ1v) is 35.6. The largest absolute Gasteiger partial charge is 0.462 e. The lowest BCUT2D eigenvalue weighted by atomic mass is 10.0. The molecule has 0 saturated carbocycles. The maximum Gasteiger partial charge on any atom is 0.306 e. The average Bonchev–Trinajstić information content (AvgIpc) is 3.48. The molecule has 0 rings (SSSR count). The molecule has 0 aliphatic carbocycles. The summed E-state index contributed by atoms with van der Waals surface area (Å²) in [5.74, 6) is -0.878. The van der Waals surface area contributed by atoms with Crippen LogP contribution in [0.4, 0.5) is 0 Å². The quantitative estimate of drug-likeness (QED) is 0.0261. The first-order valence-electron chi connectivity index (χ1n) is 35.6. The molecule has 0 radical (unpaired) electrons. The van der Waals surface area contributed by atoms with E-state index in [2.05, 4.69) is 106 Å². The molecule has 0 N–H and O–H groups in total. The molecule has 0 aromatic rings. The van der Waals surface area contributed by atoms with E-state index >= 15 is 0 Å². The van der Waals surface area contributed by atoms with Crippen LogP contribution in [0, 0.1) is 0 Å². The van der Waals surface area contributed by atoms with E-state index in [1.165, 1.54) is 218 Å². The van der Waals surface area contributed by atoms with Crippen molar-refractivity contribution in [3.8, 4) is 0 Å². The van der Waals surface area contributed by atoms with Gasteiger partial charge in [0.2, 0.25) is 0 Å². The van der Waals surface area contributed by atoms with Crippen molar-refractivity contribution in [1.82, 2.24) is 0 Å². The number of rotatable bonds is 65. The Bertz CT molecular complexity index is 1550. The highest BCUT2D eigenvalue weighted by Gasteiger charge is 2.19. The molecule has 0 saturated heterocycles. The van der Waals surface area contributed by atoms with Crippen LogP contribution in [0.2, 0.25) is 0 Å². The second-order valence-corrected chi connectivity index (χ2v) is 23.8. The zero-order chi connectivity index (χ0) is 59.2. The van der Waals surface area contributed by atoms with E-state index in [9.17, 15) is 14.4 Å². The molecule has 82 heavy (non-hydrogen) atoms. The summed E-state index contributed by atoms with van der Waals surface area (Å²) < 4.78 is 17.0. The number of esters is 3. The summed E-state index contributed by atoms with van der Waals surface area (Å²) in [7, 11) is 0. The van der Waals surface area contributed by atoms with Crippen LogP contribution in [0.3, 0.4) is 0 Å². The number of carbonyl (C=O) groups is 3. The number of hydrogen-bond acceptors (Lipinski definition) is 6. The van der Waals surface area contributed by atoms with Gasteiger partial charge in [-0.1, -0.05) is 311 Å². The minimum atomic E-state index is -0.786. The molecule has 0 fully saturated rings. The maximum absolute atomic E-state index is 13.0. The zero-order valence-electron chi connectivity index (χ0n) is 54.5. The fraction of sp³-hybridized carbons (Fsp3) is 0.776. The average molecular weight is 1140 g/mol. The van der Waals surface area contributed by atoms with E-state index < -0.39 is 6.10 Å². The van der Waals surface area contributed by atoms with Crippen LogP contribution in [0.1, 0.15) is 361 Å². The van der Waals surface area contributed by atoms with Crippen LogP contribution in [0.5, 0.6) is 0 Å². The van der Waals surface area contributed by atoms with Crippen LogP contribution >= 0.6 is 0 Å². The standard InChI is InChI=1S/C76H134O6/c1-4-7-10-13-16-19-22-25-28-31-33-35-36-37-38-39-40-42-43-45-48-51-54-57-60-63-66-69-75(78)81-72-73(71-80-74(77)68-65-62-59-56-53-50-47-30-27-24-21-18-15-12-9-6-3)82-76(79)70-67-64-61-58-55-52-49-46-44-41-34-32-29-26-23-20-17-14-11-8-5-2/h8,11,17,20,22,25-26,29-31,33-34,41,47,73H,4-7,9-10,12-16,18-19,21,23-24,27-28,32,35-40,42-46,48-72H2,1-3H3/b11-8-,20-17-,25-22-,29-26-,33-31-,41-34-,47-30-. The van der Waals surface area contributed by atoms with E-state index in [0.717, 1.165) is 103 Å². The highest BCUT2D eigenvalue weighted by atomic mass is 16.6. The molecule has 0 amide bonds. The Labute approximate surface area is 509 Å². The van der Waals surface area contributed by atoms with Gasteiger partial charge in [0.1, 0.15) is 13.2 Å². The normalized spacial score (nSPS) is 12.6. The molecule has 0 aromatic heterocycles. The summed E-state index contributed by atoms with van der Waals surface area (Å²) in [6.45, 7) is 6.55. The minimum absolute atomic E-state index is 0.0801. The number of unbranched alkanes of at least 4 members (excludes halogenated alkanes) is 40. The van der Waals surface area contributed by atoms with Gasteiger partial charge in [0.05, 0.1) is 0 Å². The van der Waals surface area contributed by atoms with E-state index in [-0.39, 0.29) is 31.1 Å². The smallest absolute Gasteiger partial charge is 0.306 e. The molecule has 1 unspecified atom stereocenters. The van der Waals surface area contributed by atoms with Gasteiger partial charge >= 0.3 is 17.9 Å². The van der Waals surface area contributed by atoms with E-state index in [4.69, 9.17) is 14.2 Å². The second-order valence-electron chi connectivity index (χ2n) is 23.8. The lowest BCUT2D eigenvalue weighted by Crippen LogP contribution is -2.30. The van der Waals surface area contributed by atoms with Gasteiger partial charge in [-0.05, 0) is 116 Å². The number of carbonyl (C=O) groups excluding carboxylic acids is 3. The summed E-state index contributed by atoms with van der Waals surface area (Å²) in [5.41, 5.74) is 0. The molecule has 1 atom stereocenters. The second kappa shape index (κ2) is 70.1. The topological polar surface area (TPSA) is 78.9 Å². The van der Waals surface area contributed by atoms with Crippen LogP contribution in [-0.4, -0.2) is 37.2 Å². The van der Waals surface area contributed by atoms with Gasteiger partial charge in [-0.2, -0.15) is 0 Å². The Kier molecular flexibility index (Phi) is 67.2. The monoisotopic (exact) mass is 1140 g/mol. The van der Waals surface area contributed by atoms with Crippen molar-refractivity contribution in [2.75, 3.05) is 13.2 Å². The van der Waals surface area contributed by atoms with Crippen LogP contribution < -0.4 is 0 Å². The van der Waals surface area contributed by atoms with Crippen LogP contribution in [0.15, 0.2) is 85.1 Å². The van der Waals surface area contributed by atoms with Crippen molar-refractivity contribution in [2.45, 2.75) is 367 Å². The van der Waals surface area contributed by atoms with Gasteiger partial charge in [0.15, 0.2) is 6.10 Å². The van der Waals surface area contributed by atoms with Crippen molar-refractivity contribution < 1.29 is 28.6 Å². The van der Waals surface area contributed by atoms with E-state index in [0.29, 0.717) is 19.3 Å². The molecule has 6 nitrogen and oxygen atoms in total. The van der Waals surface area contributed by atoms with Gasteiger partial charge < -0.3 is 14.2 Å². The molecule has 0 aliphatic rings. The van der Waals surface area contributed by atoms with Crippen molar-refractivity contribution in [3.63, 3.8) is 0 Å². The van der Waals surface area contributed by atoms with Crippen molar-refractivity contribution >= 4 is 17.9 Å². The van der Waals surface area contributed by atoms with E-state index in [1.54, 1.807) is 0 Å². The Morgan fingerprint density at radius 2 is 0.476 bits per heavy atom. The number of ether oxygens (including phenoxy) is 3. The number of hydrogen-bond donors (Lipinski definition) is 0. The Hall–Kier alpha value is -3.41. The molecule has 0 heterocycles. The molecule has 0 spiro atoms. The van der Waals surface area contributed by atoms with Gasteiger partial charge in [-0.25, -0.2) is 0 Å². The first-order chi connectivity index (χ1) is 40.5. The summed E-state index contributed by atoms with van der Waals surface area (Å²) in [6.07, 6.45) is 93.2. The molecule has 0 aromatic carbocycles. The fourth-order valence-corrected chi connectivity index (χ4v) is 10.3. The first kappa shape index (κ1) is 78.6. The van der Waals surface area contributed by atoms with Crippen LogP contribution in [-0.2, 0) is 28.6 Å². The van der Waals surface area contributed by atoms with Gasteiger partial charge in [-0.3, -0.25) is 14.4 Å². The van der Waals surface area contributed by atoms with Gasteiger partial charge in [-0.15, -0.1) is 0 Å². The predicted octanol–water partition coefficient (Wildman–Crippen LogP) is 24.6. The third-order valence-electron chi connectivity index (χ3n) is 15.6. The maximum atomic E-state index is 13.0. The fourth-order valence-electron chi connectivity index (χ4n) is 10.3. The van der Waals surface area contributed by atoms with Crippen LogP contribution in [0.25, 0.3) is 0 Å². The lowest BCUT2D eigenvalue weighted by molar-refractivity contribution is -0.167. The summed E-state index contributed by atoms with van der Waals surface area (Å²) in [6, 6.07) is 0. The molecular weight excluding hydrogens is 1010 g/mol. The minimum Gasteiger partial charge on any atom is -0.462 e.